The molecule has 244 valence electrons. The van der Waals surface area contributed by atoms with Crippen LogP contribution in [0.25, 0.3) is 21.8 Å². The average Bonchev–Trinajstić information content (AvgIpc) is 3.67. The fraction of sp³-hybridized carbons (Fsp3) is 0.278. The second kappa shape index (κ2) is 14.8. The van der Waals surface area contributed by atoms with Gasteiger partial charge in [0.15, 0.2) is 0 Å². The number of rotatable bonds is 14. The minimum absolute atomic E-state index is 0.0440. The van der Waals surface area contributed by atoms with Crippen LogP contribution in [0.4, 0.5) is 0 Å². The van der Waals surface area contributed by atoms with Gasteiger partial charge < -0.3 is 36.8 Å². The van der Waals surface area contributed by atoms with E-state index in [0.717, 1.165) is 38.5 Å². The first-order valence-corrected chi connectivity index (χ1v) is 15.6. The molecule has 0 spiro atoms. The molecule has 2 heterocycles. The number of hydrogen-bond acceptors (Lipinski definition) is 5. The van der Waals surface area contributed by atoms with E-state index < -0.39 is 53.8 Å². The first kappa shape index (κ1) is 33.0. The van der Waals surface area contributed by atoms with Gasteiger partial charge in [-0.2, -0.15) is 0 Å². The third-order valence-corrected chi connectivity index (χ3v) is 8.33. The zero-order valence-corrected chi connectivity index (χ0v) is 26.3. The van der Waals surface area contributed by atoms with E-state index in [1.165, 1.54) is 0 Å². The molecule has 0 aliphatic heterocycles. The highest BCUT2D eigenvalue weighted by molar-refractivity contribution is 5.95. The highest BCUT2D eigenvalue weighted by Gasteiger charge is 2.33. The van der Waals surface area contributed by atoms with Gasteiger partial charge in [-0.1, -0.05) is 80.6 Å². The Morgan fingerprint density at radius 3 is 1.72 bits per heavy atom. The van der Waals surface area contributed by atoms with Crippen molar-refractivity contribution in [2.45, 2.75) is 57.3 Å². The predicted octanol–water partition coefficient (Wildman–Crippen LogP) is 3.20. The largest absolute Gasteiger partial charge is 0.480 e. The van der Waals surface area contributed by atoms with Crippen molar-refractivity contribution in [1.29, 1.82) is 0 Å². The van der Waals surface area contributed by atoms with Crippen LogP contribution in [0, 0.1) is 5.92 Å². The number of amides is 3. The zero-order chi connectivity index (χ0) is 33.5. The molecule has 4 atom stereocenters. The Morgan fingerprint density at radius 2 is 1.17 bits per heavy atom. The molecule has 3 amide bonds. The molecular formula is C36H40N6O5. The lowest BCUT2D eigenvalue weighted by Crippen LogP contribution is -2.59. The van der Waals surface area contributed by atoms with Crippen LogP contribution in [0.15, 0.2) is 91.3 Å². The monoisotopic (exact) mass is 636 g/mol. The first-order chi connectivity index (χ1) is 22.6. The quantitative estimate of drug-likeness (QED) is 0.0982. The molecular weight excluding hydrogens is 596 g/mol. The van der Waals surface area contributed by atoms with Crippen molar-refractivity contribution in [3.8, 4) is 0 Å². The second-order valence-corrected chi connectivity index (χ2v) is 12.1. The lowest BCUT2D eigenvalue weighted by Gasteiger charge is -2.27. The number of carboxylic acids is 1. The van der Waals surface area contributed by atoms with Crippen LogP contribution in [-0.4, -0.2) is 62.9 Å². The summed E-state index contributed by atoms with van der Waals surface area (Å²) in [5.41, 5.74) is 10.4. The van der Waals surface area contributed by atoms with E-state index in [2.05, 4.69) is 25.9 Å². The van der Waals surface area contributed by atoms with Crippen LogP contribution < -0.4 is 21.7 Å². The Hall–Kier alpha value is -5.42. The molecule has 0 aliphatic carbocycles. The smallest absolute Gasteiger partial charge is 0.326 e. The Morgan fingerprint density at radius 1 is 0.660 bits per heavy atom. The summed E-state index contributed by atoms with van der Waals surface area (Å²) in [4.78, 5) is 59.3. The molecule has 0 radical (unpaired) electrons. The first-order valence-electron chi connectivity index (χ1n) is 15.6. The van der Waals surface area contributed by atoms with Crippen molar-refractivity contribution in [2.24, 2.45) is 11.7 Å². The van der Waals surface area contributed by atoms with Crippen molar-refractivity contribution < 1.29 is 24.3 Å². The van der Waals surface area contributed by atoms with Gasteiger partial charge in [0, 0.05) is 47.0 Å². The highest BCUT2D eigenvalue weighted by atomic mass is 16.4. The van der Waals surface area contributed by atoms with Gasteiger partial charge in [0.05, 0.1) is 6.04 Å². The van der Waals surface area contributed by atoms with Gasteiger partial charge in [-0.05, 0) is 41.2 Å². The molecule has 0 bridgehead atoms. The SMILES string of the molecule is CC(C)C(NC(=O)C(Cc1c[nH]c2ccccc12)NC(=O)C(N)Cc1ccccc1)C(=O)NC(Cc1c[nH]c2ccccc12)C(=O)O. The van der Waals surface area contributed by atoms with E-state index in [4.69, 9.17) is 5.73 Å². The summed E-state index contributed by atoms with van der Waals surface area (Å²) in [6, 6.07) is 20.2. The lowest BCUT2D eigenvalue weighted by atomic mass is 9.99. The number of carbonyl (C=O) groups is 4. The van der Waals surface area contributed by atoms with Crippen molar-refractivity contribution in [1.82, 2.24) is 25.9 Å². The maximum absolute atomic E-state index is 13.9. The van der Waals surface area contributed by atoms with Gasteiger partial charge >= 0.3 is 5.97 Å². The van der Waals surface area contributed by atoms with Crippen molar-refractivity contribution in [3.05, 3.63) is 108 Å². The number of hydrogen-bond donors (Lipinski definition) is 7. The molecule has 8 N–H and O–H groups in total. The number of fused-ring (bicyclic) bond motifs is 2. The Balaban J connectivity index is 1.33. The summed E-state index contributed by atoms with van der Waals surface area (Å²) in [5, 5.41) is 20.0. The Labute approximate surface area is 272 Å². The molecule has 3 aromatic carbocycles. The van der Waals surface area contributed by atoms with E-state index in [-0.39, 0.29) is 19.3 Å². The van der Waals surface area contributed by atoms with E-state index in [0.29, 0.717) is 0 Å². The topological polar surface area (TPSA) is 182 Å². The van der Waals surface area contributed by atoms with Crippen molar-refractivity contribution in [3.63, 3.8) is 0 Å². The number of aromatic nitrogens is 2. The van der Waals surface area contributed by atoms with Gasteiger partial charge in [0.2, 0.25) is 17.7 Å². The van der Waals surface area contributed by atoms with Gasteiger partial charge in [-0.3, -0.25) is 14.4 Å². The maximum Gasteiger partial charge on any atom is 0.326 e. The summed E-state index contributed by atoms with van der Waals surface area (Å²) < 4.78 is 0. The van der Waals surface area contributed by atoms with Crippen LogP contribution >= 0.6 is 0 Å². The molecule has 5 aromatic rings. The number of H-pyrrole nitrogens is 2. The van der Waals surface area contributed by atoms with Gasteiger partial charge in [-0.15, -0.1) is 0 Å². The fourth-order valence-electron chi connectivity index (χ4n) is 5.74. The van der Waals surface area contributed by atoms with Crippen LogP contribution in [0.5, 0.6) is 0 Å². The number of carbonyl (C=O) groups excluding carboxylic acids is 3. The number of nitrogens with one attached hydrogen (secondary N) is 5. The molecule has 0 saturated carbocycles. The third kappa shape index (κ3) is 8.06. The third-order valence-electron chi connectivity index (χ3n) is 8.33. The molecule has 2 aromatic heterocycles. The molecule has 11 nitrogen and oxygen atoms in total. The summed E-state index contributed by atoms with van der Waals surface area (Å²) in [6.45, 7) is 3.51. The summed E-state index contributed by atoms with van der Waals surface area (Å²) in [7, 11) is 0. The summed E-state index contributed by atoms with van der Waals surface area (Å²) in [6.07, 6.45) is 3.97. The van der Waals surface area contributed by atoms with Crippen LogP contribution in [0.3, 0.4) is 0 Å². The second-order valence-electron chi connectivity index (χ2n) is 12.1. The van der Waals surface area contributed by atoms with E-state index in [9.17, 15) is 24.3 Å². The van der Waals surface area contributed by atoms with Crippen LogP contribution in [-0.2, 0) is 38.4 Å². The number of carboxylic acid groups (broad SMARTS) is 1. The van der Waals surface area contributed by atoms with Crippen LogP contribution in [0.2, 0.25) is 0 Å². The molecule has 11 heteroatoms. The van der Waals surface area contributed by atoms with Crippen LogP contribution in [0.1, 0.15) is 30.5 Å². The molecule has 0 fully saturated rings. The normalized spacial score (nSPS) is 14.0. The van der Waals surface area contributed by atoms with Crippen molar-refractivity contribution >= 4 is 45.5 Å². The maximum atomic E-state index is 13.9. The summed E-state index contributed by atoms with van der Waals surface area (Å²) >= 11 is 0. The van der Waals surface area contributed by atoms with Gasteiger partial charge in [0.1, 0.15) is 18.1 Å². The molecule has 47 heavy (non-hydrogen) atoms. The average molecular weight is 637 g/mol. The molecule has 4 unspecified atom stereocenters. The van der Waals surface area contributed by atoms with E-state index >= 15 is 0 Å². The number of benzene rings is 3. The molecule has 0 saturated heterocycles. The fourth-order valence-corrected chi connectivity index (χ4v) is 5.74. The lowest BCUT2D eigenvalue weighted by molar-refractivity contribution is -0.142. The number of nitrogens with two attached hydrogens (primary N) is 1. The Bertz CT molecular complexity index is 1860. The number of aliphatic carboxylic acids is 1. The molecule has 0 aliphatic rings. The standard InChI is InChI=1S/C36H40N6O5/c1-21(2)32(35(45)41-31(36(46)47)18-24-20-39-29-15-9-7-13-26(24)29)42-34(44)30(17-23-19-38-28-14-8-6-12-25(23)28)40-33(43)27(37)16-22-10-4-3-5-11-22/h3-15,19-21,27,30-32,38-39H,16-18,37H2,1-2H3,(H,40,43)(H,41,45)(H,42,44)(H,46,47). The number of aromatic amines is 2. The van der Waals surface area contributed by atoms with Gasteiger partial charge in [0.25, 0.3) is 0 Å². The van der Waals surface area contributed by atoms with Gasteiger partial charge in [-0.25, -0.2) is 4.79 Å². The minimum atomic E-state index is -1.24. The van der Waals surface area contributed by atoms with E-state index in [1.807, 2.05) is 78.9 Å². The Kier molecular flexibility index (Phi) is 10.4. The zero-order valence-electron chi connectivity index (χ0n) is 26.3. The molecule has 5 rings (SSSR count). The number of para-hydroxylation sites is 2. The summed E-state index contributed by atoms with van der Waals surface area (Å²) in [5.74, 6) is -3.34. The minimum Gasteiger partial charge on any atom is -0.480 e. The predicted molar refractivity (Wildman–Crippen MR) is 180 cm³/mol. The van der Waals surface area contributed by atoms with Crippen molar-refractivity contribution in [2.75, 3.05) is 0 Å². The van der Waals surface area contributed by atoms with E-state index in [1.54, 1.807) is 26.2 Å². The highest BCUT2D eigenvalue weighted by Crippen LogP contribution is 2.21.